The molecule has 2 aromatic carbocycles. The van der Waals surface area contributed by atoms with Crippen molar-refractivity contribution in [3.63, 3.8) is 0 Å². The first kappa shape index (κ1) is 19.2. The van der Waals surface area contributed by atoms with E-state index in [0.717, 1.165) is 22.9 Å². The van der Waals surface area contributed by atoms with E-state index in [2.05, 4.69) is 26.0 Å². The molecule has 0 heterocycles. The fraction of sp³-hybridized carbons (Fsp3) is 0.300. The number of methoxy groups -OCH3 is 2. The molecule has 0 saturated heterocycles. The van der Waals surface area contributed by atoms with Crippen molar-refractivity contribution in [2.24, 2.45) is 0 Å². The maximum atomic E-state index is 12.8. The van der Waals surface area contributed by atoms with E-state index in [1.807, 2.05) is 24.3 Å². The van der Waals surface area contributed by atoms with Crippen LogP contribution in [0.5, 0.6) is 11.5 Å². The van der Waals surface area contributed by atoms with E-state index in [0.29, 0.717) is 17.1 Å². The fourth-order valence-electron chi connectivity index (χ4n) is 2.80. The van der Waals surface area contributed by atoms with Crippen molar-refractivity contribution in [2.45, 2.75) is 18.4 Å². The van der Waals surface area contributed by atoms with Gasteiger partial charge in [0.25, 0.3) is 5.91 Å². The van der Waals surface area contributed by atoms with Crippen molar-refractivity contribution in [3.8, 4) is 11.5 Å². The Kier molecular flexibility index (Phi) is 5.70. The lowest BCUT2D eigenvalue weighted by atomic mass is 10.0. The van der Waals surface area contributed by atoms with Crippen molar-refractivity contribution in [1.82, 2.24) is 5.32 Å². The number of hydrogen-bond acceptors (Lipinski definition) is 5. The van der Waals surface area contributed by atoms with Gasteiger partial charge in [0.1, 0.15) is 0 Å². The first-order chi connectivity index (χ1) is 13.0. The molecule has 142 valence electrons. The van der Waals surface area contributed by atoms with Crippen LogP contribution in [0.1, 0.15) is 28.8 Å². The summed E-state index contributed by atoms with van der Waals surface area (Å²) in [5, 5.41) is 3.12. The van der Waals surface area contributed by atoms with Gasteiger partial charge in [-0.1, -0.05) is 28.1 Å². The summed E-state index contributed by atoms with van der Waals surface area (Å²) >= 11 is 3.43. The predicted molar refractivity (Wildman–Crippen MR) is 103 cm³/mol. The molecule has 1 aliphatic rings. The molecule has 0 aromatic heterocycles. The number of carbonyl (C=O) groups is 2. The predicted octanol–water partition coefficient (Wildman–Crippen LogP) is 3.43. The third-order valence-corrected chi connectivity index (χ3v) is 5.03. The second-order valence-electron chi connectivity index (χ2n) is 6.27. The molecule has 27 heavy (non-hydrogen) atoms. The van der Waals surface area contributed by atoms with Crippen LogP contribution in [0.25, 0.3) is 0 Å². The van der Waals surface area contributed by atoms with Crippen LogP contribution >= 0.6 is 15.9 Å². The second-order valence-corrected chi connectivity index (χ2v) is 7.19. The zero-order valence-electron chi connectivity index (χ0n) is 15.1. The van der Waals surface area contributed by atoms with Gasteiger partial charge in [0.05, 0.1) is 19.8 Å². The lowest BCUT2D eigenvalue weighted by Crippen LogP contribution is -2.34. The minimum absolute atomic E-state index is 0.207. The molecule has 6 nitrogen and oxygen atoms in total. The van der Waals surface area contributed by atoms with Crippen molar-refractivity contribution in [3.05, 3.63) is 58.1 Å². The number of esters is 1. The lowest BCUT2D eigenvalue weighted by Gasteiger charge is -2.19. The molecule has 1 fully saturated rings. The van der Waals surface area contributed by atoms with Crippen LogP contribution in [0.2, 0.25) is 0 Å². The highest BCUT2D eigenvalue weighted by molar-refractivity contribution is 9.10. The number of carbonyl (C=O) groups excluding carboxylic acids is 2. The molecule has 1 saturated carbocycles. The van der Waals surface area contributed by atoms with Crippen molar-refractivity contribution < 1.29 is 23.8 Å². The van der Waals surface area contributed by atoms with E-state index in [9.17, 15) is 9.59 Å². The number of benzene rings is 2. The molecule has 0 spiro atoms. The van der Waals surface area contributed by atoms with E-state index in [4.69, 9.17) is 9.47 Å². The van der Waals surface area contributed by atoms with Gasteiger partial charge in [-0.15, -0.1) is 0 Å². The van der Waals surface area contributed by atoms with Gasteiger partial charge >= 0.3 is 5.97 Å². The number of nitrogens with one attached hydrogen (secondary N) is 1. The van der Waals surface area contributed by atoms with Crippen molar-refractivity contribution >= 4 is 27.8 Å². The van der Waals surface area contributed by atoms with Crippen LogP contribution in [0, 0.1) is 0 Å². The zero-order valence-corrected chi connectivity index (χ0v) is 16.7. The summed E-state index contributed by atoms with van der Waals surface area (Å²) in [5.74, 6) is 0.0219. The standard InChI is InChI=1S/C20H20BrNO5/c1-25-16-8-3-13(11-17(16)27-12-18(23)26-2)19(24)22-20(9-10-20)14-4-6-15(21)7-5-14/h3-8,11H,9-10,12H2,1-2H3,(H,22,24). The van der Waals surface area contributed by atoms with E-state index in [1.165, 1.54) is 14.2 Å². The van der Waals surface area contributed by atoms with Crippen LogP contribution < -0.4 is 14.8 Å². The van der Waals surface area contributed by atoms with E-state index < -0.39 is 5.97 Å². The van der Waals surface area contributed by atoms with Crippen molar-refractivity contribution in [2.75, 3.05) is 20.8 Å². The van der Waals surface area contributed by atoms with Gasteiger partial charge < -0.3 is 19.5 Å². The van der Waals surface area contributed by atoms with Gasteiger partial charge in [-0.3, -0.25) is 4.79 Å². The molecular weight excluding hydrogens is 414 g/mol. The Morgan fingerprint density at radius 2 is 1.78 bits per heavy atom. The average molecular weight is 434 g/mol. The minimum Gasteiger partial charge on any atom is -0.493 e. The molecule has 0 unspecified atom stereocenters. The highest BCUT2D eigenvalue weighted by atomic mass is 79.9. The summed E-state index contributed by atoms with van der Waals surface area (Å²) < 4.78 is 16.2. The Morgan fingerprint density at radius 3 is 2.37 bits per heavy atom. The molecule has 0 aliphatic heterocycles. The van der Waals surface area contributed by atoms with Gasteiger partial charge in [0, 0.05) is 10.0 Å². The third kappa shape index (κ3) is 4.42. The number of hydrogen-bond donors (Lipinski definition) is 1. The summed E-state index contributed by atoms with van der Waals surface area (Å²) in [7, 11) is 2.77. The van der Waals surface area contributed by atoms with E-state index in [-0.39, 0.29) is 18.1 Å². The number of amides is 1. The quantitative estimate of drug-likeness (QED) is 0.677. The second kappa shape index (κ2) is 8.00. The first-order valence-corrected chi connectivity index (χ1v) is 9.23. The number of rotatable bonds is 7. The Morgan fingerprint density at radius 1 is 1.07 bits per heavy atom. The van der Waals surface area contributed by atoms with E-state index in [1.54, 1.807) is 18.2 Å². The average Bonchev–Trinajstić information content (AvgIpc) is 3.46. The Hall–Kier alpha value is -2.54. The van der Waals surface area contributed by atoms with E-state index >= 15 is 0 Å². The van der Waals surface area contributed by atoms with Gasteiger partial charge in [-0.25, -0.2) is 4.79 Å². The maximum absolute atomic E-state index is 12.8. The normalized spacial score (nSPS) is 14.2. The van der Waals surface area contributed by atoms with Crippen LogP contribution in [-0.4, -0.2) is 32.7 Å². The Bertz CT molecular complexity index is 846. The topological polar surface area (TPSA) is 73.9 Å². The molecule has 0 atom stereocenters. The molecular formula is C20H20BrNO5. The molecule has 1 aliphatic carbocycles. The smallest absolute Gasteiger partial charge is 0.343 e. The van der Waals surface area contributed by atoms with Crippen LogP contribution in [-0.2, 0) is 15.1 Å². The summed E-state index contributed by atoms with van der Waals surface area (Å²) in [6, 6.07) is 12.8. The van der Waals surface area contributed by atoms with Gasteiger partial charge in [0.15, 0.2) is 18.1 Å². The zero-order chi connectivity index (χ0) is 19.4. The highest BCUT2D eigenvalue weighted by Crippen LogP contribution is 2.46. The minimum atomic E-state index is -0.515. The maximum Gasteiger partial charge on any atom is 0.343 e. The lowest BCUT2D eigenvalue weighted by molar-refractivity contribution is -0.142. The third-order valence-electron chi connectivity index (χ3n) is 4.50. The monoisotopic (exact) mass is 433 g/mol. The van der Waals surface area contributed by atoms with Crippen LogP contribution in [0.3, 0.4) is 0 Å². The first-order valence-electron chi connectivity index (χ1n) is 8.43. The molecule has 3 rings (SSSR count). The Balaban J connectivity index is 1.76. The molecule has 7 heteroatoms. The van der Waals surface area contributed by atoms with Crippen LogP contribution in [0.4, 0.5) is 0 Å². The van der Waals surface area contributed by atoms with Crippen molar-refractivity contribution in [1.29, 1.82) is 0 Å². The van der Waals surface area contributed by atoms with Crippen LogP contribution in [0.15, 0.2) is 46.9 Å². The fourth-order valence-corrected chi connectivity index (χ4v) is 3.06. The Labute approximate surface area is 165 Å². The number of ether oxygens (including phenoxy) is 3. The van der Waals surface area contributed by atoms with Gasteiger partial charge in [-0.05, 0) is 48.7 Å². The molecule has 0 radical (unpaired) electrons. The summed E-state index contributed by atoms with van der Waals surface area (Å²) in [5.41, 5.74) is 1.18. The summed E-state index contributed by atoms with van der Waals surface area (Å²) in [4.78, 5) is 24.1. The summed E-state index contributed by atoms with van der Waals surface area (Å²) in [6.45, 7) is -0.263. The SMILES string of the molecule is COC(=O)COc1cc(C(=O)NC2(c3ccc(Br)cc3)CC2)ccc1OC. The summed E-state index contributed by atoms with van der Waals surface area (Å²) in [6.07, 6.45) is 1.78. The largest absolute Gasteiger partial charge is 0.493 e. The molecule has 2 aromatic rings. The number of halogens is 1. The van der Waals surface area contributed by atoms with Gasteiger partial charge in [0.2, 0.25) is 0 Å². The highest BCUT2D eigenvalue weighted by Gasteiger charge is 2.45. The molecule has 1 amide bonds. The van der Waals surface area contributed by atoms with Gasteiger partial charge in [-0.2, -0.15) is 0 Å². The molecule has 0 bridgehead atoms. The molecule has 1 N–H and O–H groups in total.